The van der Waals surface area contributed by atoms with Crippen LogP contribution >= 0.6 is 0 Å². The van der Waals surface area contributed by atoms with E-state index < -0.39 is 0 Å². The molecule has 39 heavy (non-hydrogen) atoms. The second kappa shape index (κ2) is 9.98. The molecule has 1 aliphatic carbocycles. The van der Waals surface area contributed by atoms with E-state index in [2.05, 4.69) is 27.5 Å². The molecule has 6 heterocycles. The Morgan fingerprint density at radius 3 is 2.72 bits per heavy atom. The number of quaternary nitrogens is 1. The molecule has 1 saturated carbocycles. The van der Waals surface area contributed by atoms with Gasteiger partial charge in [0.1, 0.15) is 30.2 Å². The number of hydrogen-bond donors (Lipinski definition) is 2. The second-order valence-corrected chi connectivity index (χ2v) is 11.1. The largest absolute Gasteiger partial charge is 0.481 e. The Labute approximate surface area is 226 Å². The van der Waals surface area contributed by atoms with Gasteiger partial charge in [-0.3, -0.25) is 9.78 Å². The number of aromatic nitrogens is 3. The van der Waals surface area contributed by atoms with Crippen LogP contribution in [0, 0.1) is 12.7 Å². The third-order valence-electron chi connectivity index (χ3n) is 8.89. The van der Waals surface area contributed by atoms with Crippen molar-refractivity contribution in [2.24, 2.45) is 0 Å². The first-order valence-electron chi connectivity index (χ1n) is 13.8. The first-order chi connectivity index (χ1) is 18.8. The lowest BCUT2D eigenvalue weighted by Crippen LogP contribution is -2.98. The molecule has 3 fully saturated rings. The summed E-state index contributed by atoms with van der Waals surface area (Å²) in [7, 11) is 1.55. The number of aryl methyl sites for hydroxylation is 1. The van der Waals surface area contributed by atoms with Crippen molar-refractivity contribution >= 4 is 22.8 Å². The fourth-order valence-electron chi connectivity index (χ4n) is 6.46. The number of methoxy groups -OCH3 is 1. The van der Waals surface area contributed by atoms with Crippen LogP contribution in [0.4, 0.5) is 10.2 Å². The molecule has 3 aromatic rings. The molecule has 3 N–H and O–H groups in total. The average molecular weight is 537 g/mol. The van der Waals surface area contributed by atoms with E-state index in [9.17, 15) is 9.18 Å². The van der Waals surface area contributed by atoms with Crippen molar-refractivity contribution in [3.05, 3.63) is 46.5 Å². The molecule has 206 valence electrons. The summed E-state index contributed by atoms with van der Waals surface area (Å²) in [4.78, 5) is 25.3. The third kappa shape index (κ3) is 4.69. The van der Waals surface area contributed by atoms with Crippen molar-refractivity contribution < 1.29 is 28.7 Å². The van der Waals surface area contributed by atoms with Gasteiger partial charge in [-0.1, -0.05) is 6.92 Å². The molecule has 10 heteroatoms. The number of amides is 1. The minimum Gasteiger partial charge on any atom is -0.481 e. The summed E-state index contributed by atoms with van der Waals surface area (Å²) >= 11 is 0. The standard InChI is InChI=1S/C29H34FN5O4/c1-4-18-17(2)26-27(34-23(36)15-38-26)33-22(18)14-32-28-9-11-29(12-10-28,39-16-28)8-7-19-20(30)13-31-21-5-6-24(37-3)35-25(19)21/h5-6,13,32H,4,7-12,14-16H2,1-3H3,(H,33,34,36)/p+1. The van der Waals surface area contributed by atoms with Gasteiger partial charge in [0, 0.05) is 30.0 Å². The van der Waals surface area contributed by atoms with Crippen LogP contribution in [0.15, 0.2) is 18.3 Å². The molecule has 1 amide bonds. The maximum Gasteiger partial charge on any atom is 0.263 e. The van der Waals surface area contributed by atoms with Gasteiger partial charge in [-0.2, -0.15) is 0 Å². The van der Waals surface area contributed by atoms with Crippen LogP contribution < -0.4 is 20.1 Å². The minimum absolute atomic E-state index is 0.00152. The molecule has 2 bridgehead atoms. The predicted molar refractivity (Wildman–Crippen MR) is 142 cm³/mol. The average Bonchev–Trinajstić information content (AvgIpc) is 2.96. The van der Waals surface area contributed by atoms with Gasteiger partial charge in [0.25, 0.3) is 5.91 Å². The van der Waals surface area contributed by atoms with E-state index in [1.54, 1.807) is 13.2 Å². The fourth-order valence-corrected chi connectivity index (χ4v) is 6.46. The summed E-state index contributed by atoms with van der Waals surface area (Å²) in [5.41, 5.74) is 4.76. The molecule has 3 aromatic heterocycles. The molecule has 2 saturated heterocycles. The van der Waals surface area contributed by atoms with E-state index in [1.807, 2.05) is 13.0 Å². The zero-order valence-electron chi connectivity index (χ0n) is 22.7. The van der Waals surface area contributed by atoms with Crippen molar-refractivity contribution in [3.8, 4) is 11.6 Å². The van der Waals surface area contributed by atoms with Crippen molar-refractivity contribution in [3.63, 3.8) is 0 Å². The number of hydrogen-bond acceptors (Lipinski definition) is 7. The fraction of sp³-hybridized carbons (Fsp3) is 0.517. The van der Waals surface area contributed by atoms with Gasteiger partial charge in [0.15, 0.2) is 18.2 Å². The summed E-state index contributed by atoms with van der Waals surface area (Å²) < 4.78 is 32.3. The number of pyridine rings is 3. The Morgan fingerprint density at radius 1 is 1.18 bits per heavy atom. The Morgan fingerprint density at radius 2 is 2.00 bits per heavy atom. The van der Waals surface area contributed by atoms with Gasteiger partial charge in [-0.25, -0.2) is 14.4 Å². The topological polar surface area (TPSA) is 112 Å². The van der Waals surface area contributed by atoms with E-state index in [1.165, 1.54) is 11.8 Å². The number of halogens is 1. The van der Waals surface area contributed by atoms with E-state index >= 15 is 0 Å². The number of nitrogens with two attached hydrogens (primary N) is 1. The molecule has 3 aliphatic heterocycles. The van der Waals surface area contributed by atoms with Crippen molar-refractivity contribution in [1.82, 2.24) is 15.0 Å². The number of carbonyl (C=O) groups is 1. The van der Waals surface area contributed by atoms with Crippen LogP contribution in [0.3, 0.4) is 0 Å². The summed E-state index contributed by atoms with van der Waals surface area (Å²) in [5.74, 6) is 1.14. The van der Waals surface area contributed by atoms with Crippen LogP contribution in [0.25, 0.3) is 11.0 Å². The van der Waals surface area contributed by atoms with E-state index in [0.717, 1.165) is 49.8 Å². The van der Waals surface area contributed by atoms with Crippen molar-refractivity contribution in [2.75, 3.05) is 25.6 Å². The smallest absolute Gasteiger partial charge is 0.263 e. The molecule has 4 aliphatic rings. The Hall–Kier alpha value is -3.37. The summed E-state index contributed by atoms with van der Waals surface area (Å²) in [6, 6.07) is 3.56. The molecular formula is C29H35FN5O4+. The number of fused-ring (bicyclic) bond motifs is 5. The predicted octanol–water partition coefficient (Wildman–Crippen LogP) is 3.15. The lowest BCUT2D eigenvalue weighted by molar-refractivity contribution is -0.754. The minimum atomic E-state index is -0.338. The maximum absolute atomic E-state index is 14.9. The van der Waals surface area contributed by atoms with Gasteiger partial charge in [0.05, 0.1) is 29.9 Å². The van der Waals surface area contributed by atoms with Gasteiger partial charge in [0.2, 0.25) is 5.88 Å². The number of nitrogens with zero attached hydrogens (tertiary/aromatic N) is 3. The number of carbonyl (C=O) groups excluding carboxylic acids is 1. The molecular weight excluding hydrogens is 501 g/mol. The van der Waals surface area contributed by atoms with Crippen LogP contribution in [0.5, 0.6) is 11.6 Å². The highest BCUT2D eigenvalue weighted by Crippen LogP contribution is 2.45. The van der Waals surface area contributed by atoms with Crippen molar-refractivity contribution in [1.29, 1.82) is 0 Å². The Kier molecular flexibility index (Phi) is 6.63. The number of anilines is 1. The third-order valence-corrected chi connectivity index (χ3v) is 8.89. The van der Waals surface area contributed by atoms with Gasteiger partial charge in [-0.05, 0) is 50.7 Å². The van der Waals surface area contributed by atoms with Gasteiger partial charge >= 0.3 is 0 Å². The highest BCUT2D eigenvalue weighted by atomic mass is 19.1. The molecule has 9 nitrogen and oxygen atoms in total. The monoisotopic (exact) mass is 536 g/mol. The molecule has 0 radical (unpaired) electrons. The Balaban J connectivity index is 1.14. The highest BCUT2D eigenvalue weighted by Gasteiger charge is 2.52. The SMILES string of the molecule is CCc1c(C[NH2+]C23CCC(CCc4c(F)cnc5ccc(OC)nc45)(CC2)OC3)nc2c(c1C)OCC(=O)N2. The molecule has 0 aromatic carbocycles. The lowest BCUT2D eigenvalue weighted by Gasteiger charge is -2.51. The first-order valence-corrected chi connectivity index (χ1v) is 13.8. The van der Waals surface area contributed by atoms with Crippen molar-refractivity contribution in [2.45, 2.75) is 76.5 Å². The molecule has 0 spiro atoms. The first kappa shape index (κ1) is 25.9. The van der Waals surface area contributed by atoms with Gasteiger partial charge < -0.3 is 24.8 Å². The number of ether oxygens (including phenoxy) is 3. The summed E-state index contributed by atoms with van der Waals surface area (Å²) in [6.45, 7) is 5.56. The van der Waals surface area contributed by atoms with Crippen LogP contribution in [0.2, 0.25) is 0 Å². The lowest BCUT2D eigenvalue weighted by atomic mass is 9.69. The zero-order chi connectivity index (χ0) is 27.2. The van der Waals surface area contributed by atoms with E-state index in [4.69, 9.17) is 19.2 Å². The molecule has 0 unspecified atom stereocenters. The molecule has 0 atom stereocenters. The second-order valence-electron chi connectivity index (χ2n) is 11.1. The van der Waals surface area contributed by atoms with Crippen LogP contribution in [-0.4, -0.2) is 52.3 Å². The molecule has 7 rings (SSSR count). The van der Waals surface area contributed by atoms with Crippen LogP contribution in [-0.2, 0) is 28.9 Å². The maximum atomic E-state index is 14.9. The quantitative estimate of drug-likeness (QED) is 0.455. The Bertz CT molecular complexity index is 1420. The highest BCUT2D eigenvalue weighted by molar-refractivity contribution is 5.94. The van der Waals surface area contributed by atoms with Crippen LogP contribution in [0.1, 0.15) is 61.4 Å². The van der Waals surface area contributed by atoms with E-state index in [-0.39, 0.29) is 29.5 Å². The summed E-state index contributed by atoms with van der Waals surface area (Å²) in [5, 5.41) is 5.24. The number of nitrogens with one attached hydrogen (secondary N) is 1. The summed E-state index contributed by atoms with van der Waals surface area (Å²) in [6.07, 6.45) is 7.34. The van der Waals surface area contributed by atoms with E-state index in [0.29, 0.717) is 53.6 Å². The number of rotatable bonds is 8. The normalized spacial score (nSPS) is 23.8. The zero-order valence-corrected chi connectivity index (χ0v) is 22.7. The van der Waals surface area contributed by atoms with Gasteiger partial charge in [-0.15, -0.1) is 0 Å².